The van der Waals surface area contributed by atoms with E-state index >= 15 is 4.39 Å². The summed E-state index contributed by atoms with van der Waals surface area (Å²) < 4.78 is 92.9. The molecule has 0 saturated carbocycles. The van der Waals surface area contributed by atoms with Crippen LogP contribution < -0.4 is 34.5 Å². The van der Waals surface area contributed by atoms with E-state index in [0.717, 1.165) is 12.5 Å². The first-order chi connectivity index (χ1) is 63.2. The minimum absolute atomic E-state index is 0. The van der Waals surface area contributed by atoms with Gasteiger partial charge in [0, 0.05) is 111 Å². The summed E-state index contributed by atoms with van der Waals surface area (Å²) in [6.45, 7) is 27.6. The molecular weight excluding hydrogens is 1800 g/mol. The second kappa shape index (κ2) is 52.3. The largest absolute Gasteiger partial charge is 0.458 e. The predicted molar refractivity (Wildman–Crippen MR) is 523 cm³/mol. The molecule has 4 aromatic rings. The lowest BCUT2D eigenvalue weighted by Crippen LogP contribution is -2.62. The van der Waals surface area contributed by atoms with E-state index in [9.17, 15) is 47.9 Å². The number of anilines is 2. The number of methoxy groups -OCH3 is 2. The second-order valence-corrected chi connectivity index (χ2v) is 38.2. The Kier molecular flexibility index (Phi) is 45.4. The van der Waals surface area contributed by atoms with Crippen LogP contribution in [-0.4, -0.2) is 295 Å². The standard InChI is InChI=1S/C50H71FN6O11.C50H73N5O11.H3N.4H2O/c1-12-38-50(8)41(57(47(62)68-50)24-17-16-23-54-28-36(55-53)34-21-18-22-35(52)26-34)31(4)39(58)29(2)27-48(6,63-11)43(32(5)42(59)49(7,51)46(61)65-38)67-45-40(37(56(9)10)25-30(3)64-45)66-44(60)33-19-14-13-15-20-33;1-12-39-50(8)43(55(48(60)66-50)24-17-16-23-53-28-37(52)35-21-18-22-36(51)26-35)31(4)40(56)29(2)27-49(7,61-11)44(32(5)41(57)33(6)45(58)63-39)65-47-42(38(54(9)10)25-30(3)62-47)64-46(59)34-19-14-13-15-20-34;;;;;/h13-15,18-22,26,28-32,37-38,40-41,43,45H,12,16-17,23-25,27,52-53H2,1-11H3;13-15,18-22,26,28-33,38-39,42-44,47,53H,12,16-17,23-25,27,51-52H2,1-11H3;1H3;4*1H2/b;37-28-;;;;;/t29-,30-,31+,32+,37+,38?,40-,41?,43-,45?,48+,49+,50-;29-,30-,31+,32+,33-,38+,39?,42-,43?,44-,47?,49+,50-;;;;;/m11...../s1. The van der Waals surface area contributed by atoms with Crippen LogP contribution in [0.2, 0.25) is 0 Å². The van der Waals surface area contributed by atoms with Gasteiger partial charge in [-0.3, -0.25) is 29.0 Å². The molecule has 6 aliphatic heterocycles. The number of ketones is 4. The minimum Gasteiger partial charge on any atom is -0.458 e. The number of carbonyl (C=O) groups is 10. The molecule has 6 fully saturated rings. The average Bonchev–Trinajstić information content (AvgIpc) is 1.61. The fourth-order valence-electron chi connectivity index (χ4n) is 20.2. The van der Waals surface area contributed by atoms with Gasteiger partial charge in [-0.25, -0.2) is 28.4 Å². The second-order valence-electron chi connectivity index (χ2n) is 38.2. The van der Waals surface area contributed by atoms with E-state index < -0.39 is 191 Å². The number of fused-ring (bicyclic) bond motifs is 2. The highest BCUT2D eigenvalue weighted by atomic mass is 19.1. The molecule has 6 heterocycles. The minimum atomic E-state index is -3.25. The van der Waals surface area contributed by atoms with Crippen LogP contribution in [0.15, 0.2) is 125 Å². The van der Waals surface area contributed by atoms with Gasteiger partial charge in [-0.05, 0) is 196 Å². The smallest absolute Gasteiger partial charge is 0.410 e. The number of unbranched alkanes of at least 4 members (excludes halogenated alkanes) is 2. The highest BCUT2D eigenvalue weighted by Crippen LogP contribution is 2.48. The molecule has 0 radical (unpaired) electrons. The van der Waals surface area contributed by atoms with Gasteiger partial charge in [-0.15, -0.1) is 0 Å². The van der Waals surface area contributed by atoms with E-state index in [1.54, 1.807) is 184 Å². The summed E-state index contributed by atoms with van der Waals surface area (Å²) >= 11 is 0. The number of Topliss-reactive ketones (excluding diaryl/α,β-unsaturated/α-hetero) is 4. The Labute approximate surface area is 816 Å². The number of aliphatic imine (C=N–C) groups is 1. The summed E-state index contributed by atoms with van der Waals surface area (Å²) in [6, 6.07) is 28.8. The summed E-state index contributed by atoms with van der Waals surface area (Å²) in [5, 5.41) is 7.06. The molecule has 0 bridgehead atoms. The third-order valence-corrected chi connectivity index (χ3v) is 27.7. The van der Waals surface area contributed by atoms with Crippen LogP contribution in [0.4, 0.5) is 25.4 Å². The van der Waals surface area contributed by atoms with E-state index in [0.29, 0.717) is 91.1 Å². The number of ether oxygens (including phenoxy) is 12. The van der Waals surface area contributed by atoms with Crippen LogP contribution in [-0.2, 0) is 85.6 Å². The van der Waals surface area contributed by atoms with E-state index in [1.807, 2.05) is 70.0 Å². The van der Waals surface area contributed by atoms with Crippen LogP contribution in [0.25, 0.3) is 5.70 Å². The number of nitrogens with two attached hydrogens (primary N) is 4. The van der Waals surface area contributed by atoms with Crippen molar-refractivity contribution in [2.45, 2.75) is 289 Å². The number of cyclic esters (lactones) is 2. The third kappa shape index (κ3) is 28.1. The van der Waals surface area contributed by atoms with Crippen molar-refractivity contribution in [3.8, 4) is 0 Å². The molecule has 2 amide bonds. The van der Waals surface area contributed by atoms with Crippen molar-refractivity contribution >= 4 is 88.2 Å². The van der Waals surface area contributed by atoms with Gasteiger partial charge >= 0.3 is 36.1 Å². The molecular formula is C100H155FN12O26. The Hall–Kier alpha value is -10.5. The number of alkyl halides is 1. The van der Waals surface area contributed by atoms with Crippen molar-refractivity contribution in [3.63, 3.8) is 0 Å². The molecule has 39 heteroatoms. The number of nitrogens with zero attached hydrogens (tertiary/aromatic N) is 6. The van der Waals surface area contributed by atoms with Crippen LogP contribution in [0.3, 0.4) is 0 Å². The maximum Gasteiger partial charge on any atom is 0.410 e. The average molecular weight is 1960 g/mol. The van der Waals surface area contributed by atoms with Crippen LogP contribution >= 0.6 is 0 Å². The lowest BCUT2D eigenvalue weighted by molar-refractivity contribution is -0.295. The maximum atomic E-state index is 17.2. The zero-order valence-corrected chi connectivity index (χ0v) is 84.6. The first-order valence-electron chi connectivity index (χ1n) is 46.7. The highest BCUT2D eigenvalue weighted by Gasteiger charge is 2.64. The lowest BCUT2D eigenvalue weighted by atomic mass is 9.73. The van der Waals surface area contributed by atoms with E-state index in [1.165, 1.54) is 33.0 Å². The molecule has 0 aromatic heterocycles. The zero-order chi connectivity index (χ0) is 99.0. The number of hydrogen-bond donors (Lipinski definition) is 6. The van der Waals surface area contributed by atoms with Crippen molar-refractivity contribution in [2.24, 2.45) is 63.1 Å². The lowest BCUT2D eigenvalue weighted by Gasteiger charge is -2.48. The highest BCUT2D eigenvalue weighted by molar-refractivity contribution is 6.38. The number of amides is 2. The number of carbonyl (C=O) groups excluding carboxylic acids is 10. The number of nitrogens with one attached hydrogen (secondary N) is 1. The fourth-order valence-corrected chi connectivity index (χ4v) is 20.2. The Morgan fingerprint density at radius 3 is 1.38 bits per heavy atom. The van der Waals surface area contributed by atoms with Gasteiger partial charge in [0.25, 0.3) is 5.67 Å². The molecule has 6 unspecified atom stereocenters. The Morgan fingerprint density at radius 2 is 0.964 bits per heavy atom. The zero-order valence-electron chi connectivity index (χ0n) is 84.6. The Balaban J connectivity index is 0.000000560. The third-order valence-electron chi connectivity index (χ3n) is 27.7. The van der Waals surface area contributed by atoms with Crippen molar-refractivity contribution in [3.05, 3.63) is 138 Å². The summed E-state index contributed by atoms with van der Waals surface area (Å²) in [5.41, 5.74) is 13.1. The van der Waals surface area contributed by atoms with Crippen LogP contribution in [0.5, 0.6) is 0 Å². The number of halogens is 1. The molecule has 778 valence electrons. The predicted octanol–water partition coefficient (Wildman–Crippen LogP) is 8.77. The number of likely N-dealkylation sites (N-methyl/N-ethyl adjacent to an activating group) is 2. The molecule has 0 aliphatic carbocycles. The van der Waals surface area contributed by atoms with Gasteiger partial charge < -0.3 is 133 Å². The number of rotatable bonds is 28. The number of benzene rings is 4. The molecule has 0 spiro atoms. The molecule has 6 aliphatic rings. The van der Waals surface area contributed by atoms with E-state index in [2.05, 4.69) is 15.4 Å². The Bertz CT molecular complexity index is 4830. The summed E-state index contributed by atoms with van der Waals surface area (Å²) in [7, 11) is 10.3. The topological polar surface area (TPSA) is 596 Å². The van der Waals surface area contributed by atoms with Gasteiger partial charge in [-0.2, -0.15) is 5.10 Å². The van der Waals surface area contributed by atoms with E-state index in [4.69, 9.17) is 79.9 Å². The SMILES string of the molecule is CCC1OC(=O)[C@@](C)(F)C(=O)[C@H](C)[C@@H](OC2O[C@H](C)C[C@H](N(C)C)[C@H]2OC(=O)c2ccccc2)[C@@](C)(OC)C[C@@H](C)C(=O)[C@H](C)C2N(CCCCN=CC(=NN)c3cccc(N)c3)C(=O)O[C@]12C.CCC1OC(=O)[C@H](C)C(=O)[C@H](C)[C@@H](OC2O[C@H](C)C[C@H](N(C)C)[C@H]2OC(=O)c2ccccc2)[C@@](C)(OC)C[C@@H](C)C(=O)[C@H](C)C2N(CCCCN/C=C(\N)c3cccc(N)c3)C(=O)O[C@]12C.N.O.O.O.O. The monoisotopic (exact) mass is 1960 g/mol. The quantitative estimate of drug-likeness (QED) is 0.00452. The number of hydrazone groups is 1. The Morgan fingerprint density at radius 1 is 0.554 bits per heavy atom. The van der Waals surface area contributed by atoms with Gasteiger partial charge in [0.2, 0.25) is 0 Å². The summed E-state index contributed by atoms with van der Waals surface area (Å²) in [6.07, 6.45) is -4.75. The normalized spacial score (nSPS) is 32.8. The van der Waals surface area contributed by atoms with Gasteiger partial charge in [0.1, 0.15) is 35.4 Å². The molecule has 4 aromatic carbocycles. The summed E-state index contributed by atoms with van der Waals surface area (Å²) in [4.78, 5) is 154. The first-order valence-corrected chi connectivity index (χ1v) is 46.7. The van der Waals surface area contributed by atoms with E-state index in [-0.39, 0.29) is 90.5 Å². The van der Waals surface area contributed by atoms with Crippen LogP contribution in [0, 0.1) is 41.4 Å². The number of hydrogen-bond acceptors (Lipinski definition) is 32. The molecule has 26 atom stereocenters. The van der Waals surface area contributed by atoms with Gasteiger partial charge in [-0.1, -0.05) is 116 Å². The van der Waals surface area contributed by atoms with Gasteiger partial charge in [0.15, 0.2) is 47.6 Å². The van der Waals surface area contributed by atoms with Crippen molar-refractivity contribution in [1.29, 1.82) is 0 Å². The number of esters is 4. The molecule has 139 heavy (non-hydrogen) atoms. The summed E-state index contributed by atoms with van der Waals surface area (Å²) in [5.74, 6) is -6.99. The molecule has 20 N–H and O–H groups in total. The van der Waals surface area contributed by atoms with Crippen molar-refractivity contribution in [1.82, 2.24) is 31.1 Å². The fraction of sp³-hybridized carbons (Fsp3) is 0.620. The molecule has 38 nitrogen and oxygen atoms in total. The first kappa shape index (κ1) is 121. The van der Waals surface area contributed by atoms with Crippen molar-refractivity contribution in [2.75, 3.05) is 80.1 Å². The maximum absolute atomic E-state index is 17.2. The number of nitrogen functional groups attached to an aromatic ring is 2. The van der Waals surface area contributed by atoms with Crippen LogP contribution in [0.1, 0.15) is 207 Å². The molecule has 10 rings (SSSR count). The van der Waals surface area contributed by atoms with Gasteiger partial charge in [0.05, 0.1) is 76.6 Å². The van der Waals surface area contributed by atoms with Crippen molar-refractivity contribution < 1.29 is 131 Å². The molecule has 6 saturated heterocycles.